The number of nitrogens with one attached hydrogen (secondary N) is 1. The van der Waals surface area contributed by atoms with E-state index in [0.717, 1.165) is 22.9 Å². The zero-order valence-corrected chi connectivity index (χ0v) is 11.4. The monoisotopic (exact) mass is 259 g/mol. The Morgan fingerprint density at radius 2 is 2.00 bits per heavy atom. The zero-order valence-electron chi connectivity index (χ0n) is 11.4. The molecule has 0 saturated heterocycles. The van der Waals surface area contributed by atoms with Gasteiger partial charge in [0.15, 0.2) is 5.78 Å². The van der Waals surface area contributed by atoms with Crippen molar-refractivity contribution in [2.45, 2.75) is 26.7 Å². The molecule has 0 fully saturated rings. The standard InChI is InChI=1S/C15H17NO3/c1-4-10-11-7-6-9(15(18)19-3)8-12(11)16-14(10)13(17)5-2/h6-8,16H,4-5H2,1-3H3. The molecule has 0 aliphatic heterocycles. The van der Waals surface area contributed by atoms with Gasteiger partial charge in [0.1, 0.15) is 0 Å². The first-order valence-corrected chi connectivity index (χ1v) is 6.38. The number of aryl methyl sites for hydroxylation is 1. The molecule has 100 valence electrons. The van der Waals surface area contributed by atoms with E-state index in [4.69, 9.17) is 4.74 Å². The van der Waals surface area contributed by atoms with E-state index < -0.39 is 0 Å². The minimum absolute atomic E-state index is 0.0904. The van der Waals surface area contributed by atoms with Gasteiger partial charge in [-0.15, -0.1) is 0 Å². The zero-order chi connectivity index (χ0) is 14.0. The van der Waals surface area contributed by atoms with Crippen molar-refractivity contribution in [3.63, 3.8) is 0 Å². The lowest BCUT2D eigenvalue weighted by Gasteiger charge is -2.00. The molecule has 0 aliphatic carbocycles. The van der Waals surface area contributed by atoms with Crippen molar-refractivity contribution in [3.8, 4) is 0 Å². The number of Topliss-reactive ketones (excluding diaryl/α,β-unsaturated/α-hetero) is 1. The molecule has 2 aromatic rings. The number of hydrogen-bond acceptors (Lipinski definition) is 3. The topological polar surface area (TPSA) is 59.2 Å². The molecule has 4 nitrogen and oxygen atoms in total. The second-order valence-corrected chi connectivity index (χ2v) is 4.36. The maximum absolute atomic E-state index is 11.9. The first-order chi connectivity index (χ1) is 9.12. The number of carbonyl (C=O) groups excluding carboxylic acids is 2. The average Bonchev–Trinajstić information content (AvgIpc) is 2.82. The molecule has 0 atom stereocenters. The Labute approximate surface area is 111 Å². The maximum atomic E-state index is 11.9. The third kappa shape index (κ3) is 2.26. The van der Waals surface area contributed by atoms with Gasteiger partial charge in [-0.1, -0.05) is 19.9 Å². The molecule has 4 heteroatoms. The summed E-state index contributed by atoms with van der Waals surface area (Å²) in [6.45, 7) is 3.86. The van der Waals surface area contributed by atoms with Crippen molar-refractivity contribution in [1.29, 1.82) is 0 Å². The molecule has 0 saturated carbocycles. The van der Waals surface area contributed by atoms with Gasteiger partial charge in [-0.25, -0.2) is 4.79 Å². The summed E-state index contributed by atoms with van der Waals surface area (Å²) in [5, 5.41) is 0.993. The fourth-order valence-corrected chi connectivity index (χ4v) is 2.28. The minimum atomic E-state index is -0.377. The van der Waals surface area contributed by atoms with Crippen LogP contribution in [0.3, 0.4) is 0 Å². The molecule has 0 amide bonds. The first-order valence-electron chi connectivity index (χ1n) is 6.38. The SMILES string of the molecule is CCC(=O)c1[nH]c2cc(C(=O)OC)ccc2c1CC. The second-order valence-electron chi connectivity index (χ2n) is 4.36. The van der Waals surface area contributed by atoms with Crippen molar-refractivity contribution < 1.29 is 14.3 Å². The number of benzene rings is 1. The van der Waals surface area contributed by atoms with E-state index in [9.17, 15) is 9.59 Å². The van der Waals surface area contributed by atoms with Gasteiger partial charge in [0, 0.05) is 17.3 Å². The van der Waals surface area contributed by atoms with Crippen LogP contribution in [0.5, 0.6) is 0 Å². The summed E-state index contributed by atoms with van der Waals surface area (Å²) in [4.78, 5) is 26.5. The molecule has 2 rings (SSSR count). The van der Waals surface area contributed by atoms with E-state index >= 15 is 0 Å². The van der Waals surface area contributed by atoms with Gasteiger partial charge in [-0.2, -0.15) is 0 Å². The van der Waals surface area contributed by atoms with E-state index in [2.05, 4.69) is 4.98 Å². The number of carbonyl (C=O) groups is 2. The molecule has 1 heterocycles. The Morgan fingerprint density at radius 3 is 2.58 bits per heavy atom. The molecular weight excluding hydrogens is 242 g/mol. The number of rotatable bonds is 4. The lowest BCUT2D eigenvalue weighted by molar-refractivity contribution is 0.0600. The number of esters is 1. The van der Waals surface area contributed by atoms with Gasteiger partial charge in [-0.05, 0) is 24.1 Å². The molecule has 0 spiro atoms. The van der Waals surface area contributed by atoms with Crippen LogP contribution in [0.4, 0.5) is 0 Å². The lowest BCUT2D eigenvalue weighted by Crippen LogP contribution is -2.00. The van der Waals surface area contributed by atoms with Gasteiger partial charge in [0.05, 0.1) is 18.4 Å². The summed E-state index contributed by atoms with van der Waals surface area (Å²) in [5.74, 6) is -0.286. The second kappa shape index (κ2) is 5.26. The third-order valence-electron chi connectivity index (χ3n) is 3.28. The Balaban J connectivity index is 2.62. The molecule has 0 bridgehead atoms. The van der Waals surface area contributed by atoms with Gasteiger partial charge in [-0.3, -0.25) is 4.79 Å². The molecule has 0 aliphatic rings. The summed E-state index contributed by atoms with van der Waals surface area (Å²) >= 11 is 0. The number of hydrogen-bond donors (Lipinski definition) is 1. The van der Waals surface area contributed by atoms with E-state index in [-0.39, 0.29) is 11.8 Å². The highest BCUT2D eigenvalue weighted by molar-refractivity contribution is 6.03. The Hall–Kier alpha value is -2.10. The Kier molecular flexibility index (Phi) is 3.69. The molecule has 19 heavy (non-hydrogen) atoms. The summed E-state index contributed by atoms with van der Waals surface area (Å²) < 4.78 is 4.70. The molecule has 0 radical (unpaired) electrons. The van der Waals surface area contributed by atoms with E-state index in [1.165, 1.54) is 7.11 Å². The summed E-state index contributed by atoms with van der Waals surface area (Å²) in [6, 6.07) is 5.32. The van der Waals surface area contributed by atoms with Crippen LogP contribution in [0.15, 0.2) is 18.2 Å². The molecular formula is C15H17NO3. The summed E-state index contributed by atoms with van der Waals surface area (Å²) in [6.07, 6.45) is 1.24. The van der Waals surface area contributed by atoms with Crippen molar-refractivity contribution in [2.75, 3.05) is 7.11 Å². The number of ether oxygens (including phenoxy) is 1. The smallest absolute Gasteiger partial charge is 0.337 e. The summed E-state index contributed by atoms with van der Waals surface area (Å²) in [5.41, 5.74) is 2.95. The quantitative estimate of drug-likeness (QED) is 0.678. The van der Waals surface area contributed by atoms with Crippen molar-refractivity contribution in [1.82, 2.24) is 4.98 Å². The van der Waals surface area contributed by atoms with Crippen LogP contribution in [-0.2, 0) is 11.2 Å². The number of H-pyrrole nitrogens is 1. The van der Waals surface area contributed by atoms with Crippen LogP contribution >= 0.6 is 0 Å². The van der Waals surface area contributed by atoms with E-state index in [1.807, 2.05) is 19.9 Å². The number of ketones is 1. The average molecular weight is 259 g/mol. The van der Waals surface area contributed by atoms with Crippen molar-refractivity contribution in [3.05, 3.63) is 35.0 Å². The highest BCUT2D eigenvalue weighted by Gasteiger charge is 2.16. The lowest BCUT2D eigenvalue weighted by atomic mass is 10.0. The Bertz CT molecular complexity index is 640. The van der Waals surface area contributed by atoms with Crippen molar-refractivity contribution in [2.24, 2.45) is 0 Å². The molecule has 1 N–H and O–H groups in total. The fourth-order valence-electron chi connectivity index (χ4n) is 2.28. The number of aromatic amines is 1. The van der Waals surface area contributed by atoms with Gasteiger partial charge in [0.2, 0.25) is 0 Å². The van der Waals surface area contributed by atoms with Gasteiger partial charge < -0.3 is 9.72 Å². The van der Waals surface area contributed by atoms with Crippen molar-refractivity contribution >= 4 is 22.7 Å². The molecule has 1 aromatic heterocycles. The normalized spacial score (nSPS) is 10.7. The maximum Gasteiger partial charge on any atom is 0.337 e. The predicted octanol–water partition coefficient (Wildman–Crippen LogP) is 3.11. The molecule has 0 unspecified atom stereocenters. The number of fused-ring (bicyclic) bond motifs is 1. The van der Waals surface area contributed by atoms with Crippen LogP contribution in [0.1, 0.15) is 46.7 Å². The third-order valence-corrected chi connectivity index (χ3v) is 3.28. The van der Waals surface area contributed by atoms with Crippen LogP contribution in [0, 0.1) is 0 Å². The van der Waals surface area contributed by atoms with Gasteiger partial charge in [0.25, 0.3) is 0 Å². The van der Waals surface area contributed by atoms with Gasteiger partial charge >= 0.3 is 5.97 Å². The molecule has 1 aromatic carbocycles. The number of methoxy groups -OCH3 is 1. The highest BCUT2D eigenvalue weighted by atomic mass is 16.5. The fraction of sp³-hybridized carbons (Fsp3) is 0.333. The minimum Gasteiger partial charge on any atom is -0.465 e. The first kappa shape index (κ1) is 13.3. The van der Waals surface area contributed by atoms with Crippen LogP contribution in [0.25, 0.3) is 10.9 Å². The number of aromatic nitrogens is 1. The van der Waals surface area contributed by atoms with Crippen LogP contribution < -0.4 is 0 Å². The summed E-state index contributed by atoms with van der Waals surface area (Å²) in [7, 11) is 1.35. The van der Waals surface area contributed by atoms with Crippen LogP contribution in [0.2, 0.25) is 0 Å². The highest BCUT2D eigenvalue weighted by Crippen LogP contribution is 2.25. The van der Waals surface area contributed by atoms with E-state index in [0.29, 0.717) is 17.7 Å². The Morgan fingerprint density at radius 1 is 1.26 bits per heavy atom. The van der Waals surface area contributed by atoms with E-state index in [1.54, 1.807) is 12.1 Å². The largest absolute Gasteiger partial charge is 0.465 e. The van der Waals surface area contributed by atoms with Crippen LogP contribution in [-0.4, -0.2) is 23.8 Å². The predicted molar refractivity (Wildman–Crippen MR) is 73.6 cm³/mol.